The zero-order valence-corrected chi connectivity index (χ0v) is 19.5. The first-order valence-electron chi connectivity index (χ1n) is 10.3. The molecule has 160 valence electrons. The average molecular weight is 499 g/mol. The molecule has 0 aromatic heterocycles. The van der Waals surface area contributed by atoms with Crippen LogP contribution in [0.1, 0.15) is 16.7 Å². The average Bonchev–Trinajstić information content (AvgIpc) is 2.80. The van der Waals surface area contributed by atoms with Gasteiger partial charge in [0, 0.05) is 37.2 Å². The number of hydrogen-bond acceptors (Lipinski definition) is 3. The molecule has 0 radical (unpaired) electrons. The molecule has 3 nitrogen and oxygen atoms in total. The van der Waals surface area contributed by atoms with Gasteiger partial charge in [-0.15, -0.1) is 0 Å². The Morgan fingerprint density at radius 1 is 0.903 bits per heavy atom. The van der Waals surface area contributed by atoms with Gasteiger partial charge in [-0.1, -0.05) is 70.6 Å². The van der Waals surface area contributed by atoms with E-state index in [1.165, 1.54) is 17.7 Å². The fourth-order valence-corrected chi connectivity index (χ4v) is 4.36. The molecule has 0 spiro atoms. The maximum absolute atomic E-state index is 13.1. The SMILES string of the molecule is Fc1ccc(COc2ccc(Br)cc2C(=S)N2CCN(Cc3ccccc3)CC2)cc1. The summed E-state index contributed by atoms with van der Waals surface area (Å²) in [7, 11) is 0. The topological polar surface area (TPSA) is 15.7 Å². The van der Waals surface area contributed by atoms with Crippen molar-refractivity contribution in [2.24, 2.45) is 0 Å². The number of thiocarbonyl (C=S) groups is 1. The van der Waals surface area contributed by atoms with Gasteiger partial charge in [-0.2, -0.15) is 0 Å². The molecule has 6 heteroatoms. The van der Waals surface area contributed by atoms with Crippen molar-refractivity contribution in [1.29, 1.82) is 0 Å². The third kappa shape index (κ3) is 5.91. The highest BCUT2D eigenvalue weighted by atomic mass is 79.9. The largest absolute Gasteiger partial charge is 0.488 e. The van der Waals surface area contributed by atoms with Crippen molar-refractivity contribution in [1.82, 2.24) is 9.80 Å². The molecular formula is C25H24BrFN2OS. The first kappa shape index (κ1) is 21.9. The van der Waals surface area contributed by atoms with Crippen LogP contribution >= 0.6 is 28.1 Å². The normalized spacial score (nSPS) is 14.5. The fraction of sp³-hybridized carbons (Fsp3) is 0.240. The second-order valence-corrected chi connectivity index (χ2v) is 8.91. The van der Waals surface area contributed by atoms with Crippen molar-refractivity contribution in [2.45, 2.75) is 13.2 Å². The van der Waals surface area contributed by atoms with Gasteiger partial charge in [0.15, 0.2) is 0 Å². The highest BCUT2D eigenvalue weighted by molar-refractivity contribution is 9.10. The van der Waals surface area contributed by atoms with E-state index >= 15 is 0 Å². The molecule has 0 amide bonds. The molecule has 3 aromatic carbocycles. The number of hydrogen-bond donors (Lipinski definition) is 0. The molecule has 3 aromatic rings. The minimum absolute atomic E-state index is 0.249. The molecule has 1 fully saturated rings. The standard InChI is InChI=1S/C25H24BrFN2OS/c26-21-8-11-24(30-18-20-6-9-22(27)10-7-20)23(16-21)25(31)29-14-12-28(13-15-29)17-19-4-2-1-3-5-19/h1-11,16H,12-15,17-18H2. The maximum Gasteiger partial charge on any atom is 0.130 e. The Bertz CT molecular complexity index is 1020. The van der Waals surface area contributed by atoms with Crippen molar-refractivity contribution >= 4 is 33.1 Å². The van der Waals surface area contributed by atoms with Crippen LogP contribution in [0.5, 0.6) is 5.75 Å². The Hall–Kier alpha value is -2.28. The number of nitrogens with zero attached hydrogens (tertiary/aromatic N) is 2. The monoisotopic (exact) mass is 498 g/mol. The summed E-state index contributed by atoms with van der Waals surface area (Å²) in [5, 5.41) is 0. The van der Waals surface area contributed by atoms with Gasteiger partial charge in [-0.05, 0) is 41.5 Å². The summed E-state index contributed by atoms with van der Waals surface area (Å²) in [6.07, 6.45) is 0. The van der Waals surface area contributed by atoms with E-state index in [1.807, 2.05) is 24.3 Å². The van der Waals surface area contributed by atoms with Gasteiger partial charge in [-0.3, -0.25) is 4.90 Å². The van der Waals surface area contributed by atoms with Crippen LogP contribution in [0, 0.1) is 5.82 Å². The Balaban J connectivity index is 1.40. The van der Waals surface area contributed by atoms with Crippen molar-refractivity contribution in [3.05, 3.63) is 99.8 Å². The molecule has 0 N–H and O–H groups in total. The number of halogens is 2. The number of piperazine rings is 1. The number of ether oxygens (including phenoxy) is 1. The first-order chi connectivity index (χ1) is 15.1. The molecule has 4 rings (SSSR count). The zero-order valence-electron chi connectivity index (χ0n) is 17.1. The Labute approximate surface area is 196 Å². The third-order valence-corrected chi connectivity index (χ3v) is 6.36. The van der Waals surface area contributed by atoms with Crippen LogP contribution < -0.4 is 4.74 Å². The lowest BCUT2D eigenvalue weighted by Crippen LogP contribution is -2.48. The zero-order chi connectivity index (χ0) is 21.6. The van der Waals surface area contributed by atoms with E-state index < -0.39 is 0 Å². The summed E-state index contributed by atoms with van der Waals surface area (Å²) in [5.74, 6) is 0.491. The van der Waals surface area contributed by atoms with E-state index in [2.05, 4.69) is 50.0 Å². The number of rotatable bonds is 6. The van der Waals surface area contributed by atoms with E-state index in [0.717, 1.165) is 59.1 Å². The van der Waals surface area contributed by atoms with Crippen LogP contribution in [-0.2, 0) is 13.2 Å². The molecule has 1 heterocycles. The van der Waals surface area contributed by atoms with Gasteiger partial charge < -0.3 is 9.64 Å². The Morgan fingerprint density at radius 2 is 1.61 bits per heavy atom. The van der Waals surface area contributed by atoms with Crippen LogP contribution in [0.2, 0.25) is 0 Å². The second kappa shape index (κ2) is 10.4. The van der Waals surface area contributed by atoms with Crippen LogP contribution in [-0.4, -0.2) is 41.0 Å². The lowest BCUT2D eigenvalue weighted by Gasteiger charge is -2.36. The molecule has 31 heavy (non-hydrogen) atoms. The Morgan fingerprint density at radius 3 is 2.32 bits per heavy atom. The molecule has 0 atom stereocenters. The first-order valence-corrected chi connectivity index (χ1v) is 11.5. The minimum atomic E-state index is -0.249. The van der Waals surface area contributed by atoms with Crippen LogP contribution in [0.15, 0.2) is 77.3 Å². The van der Waals surface area contributed by atoms with Gasteiger partial charge in [0.2, 0.25) is 0 Å². The summed E-state index contributed by atoms with van der Waals surface area (Å²) < 4.78 is 20.2. The van der Waals surface area contributed by atoms with Gasteiger partial charge in [0.05, 0.1) is 5.56 Å². The third-order valence-electron chi connectivity index (χ3n) is 5.39. The summed E-state index contributed by atoms with van der Waals surface area (Å²) in [4.78, 5) is 5.51. The van der Waals surface area contributed by atoms with Crippen molar-refractivity contribution < 1.29 is 9.13 Å². The van der Waals surface area contributed by atoms with Crippen LogP contribution in [0.25, 0.3) is 0 Å². The molecular weight excluding hydrogens is 475 g/mol. The summed E-state index contributed by atoms with van der Waals surface area (Å²) >= 11 is 9.42. The molecule has 0 saturated carbocycles. The summed E-state index contributed by atoms with van der Waals surface area (Å²) in [6.45, 7) is 5.03. The van der Waals surface area contributed by atoms with E-state index in [4.69, 9.17) is 17.0 Å². The van der Waals surface area contributed by atoms with Gasteiger partial charge in [-0.25, -0.2) is 4.39 Å². The lowest BCUT2D eigenvalue weighted by atomic mass is 10.1. The predicted molar refractivity (Wildman–Crippen MR) is 130 cm³/mol. The number of benzene rings is 3. The summed E-state index contributed by atoms with van der Waals surface area (Å²) in [6, 6.07) is 22.8. The van der Waals surface area contributed by atoms with Gasteiger partial charge in [0.1, 0.15) is 23.2 Å². The van der Waals surface area contributed by atoms with E-state index in [9.17, 15) is 4.39 Å². The second-order valence-electron chi connectivity index (χ2n) is 7.61. The fourth-order valence-electron chi connectivity index (χ4n) is 3.66. The smallest absolute Gasteiger partial charge is 0.130 e. The minimum Gasteiger partial charge on any atom is -0.488 e. The van der Waals surface area contributed by atoms with Crippen molar-refractivity contribution in [3.8, 4) is 5.75 Å². The van der Waals surface area contributed by atoms with Crippen LogP contribution in [0.4, 0.5) is 4.39 Å². The molecule has 1 aliphatic rings. The molecule has 0 unspecified atom stereocenters. The molecule has 0 aliphatic carbocycles. The van der Waals surface area contributed by atoms with E-state index in [0.29, 0.717) is 6.61 Å². The van der Waals surface area contributed by atoms with Gasteiger partial charge >= 0.3 is 0 Å². The van der Waals surface area contributed by atoms with Gasteiger partial charge in [0.25, 0.3) is 0 Å². The van der Waals surface area contributed by atoms with Crippen LogP contribution in [0.3, 0.4) is 0 Å². The lowest BCUT2D eigenvalue weighted by molar-refractivity contribution is 0.177. The van der Waals surface area contributed by atoms with E-state index in [-0.39, 0.29) is 5.82 Å². The molecule has 1 saturated heterocycles. The van der Waals surface area contributed by atoms with Crippen molar-refractivity contribution in [2.75, 3.05) is 26.2 Å². The highest BCUT2D eigenvalue weighted by Crippen LogP contribution is 2.27. The molecule has 0 bridgehead atoms. The van der Waals surface area contributed by atoms with Crippen molar-refractivity contribution in [3.63, 3.8) is 0 Å². The predicted octanol–water partition coefficient (Wildman–Crippen LogP) is 5.66. The quantitative estimate of drug-likeness (QED) is 0.407. The Kier molecular flexibility index (Phi) is 7.33. The highest BCUT2D eigenvalue weighted by Gasteiger charge is 2.22. The maximum atomic E-state index is 13.1. The molecule has 1 aliphatic heterocycles. The summed E-state index contributed by atoms with van der Waals surface area (Å²) in [5.41, 5.74) is 3.15. The van der Waals surface area contributed by atoms with E-state index in [1.54, 1.807) is 12.1 Å².